The molecule has 0 saturated carbocycles. The van der Waals surface area contributed by atoms with E-state index in [1.165, 1.54) is 14.1 Å². The number of hydrogen-bond donors (Lipinski definition) is 2. The maximum atomic E-state index is 10.6. The molecule has 0 aliphatic carbocycles. The highest BCUT2D eigenvalue weighted by Crippen LogP contribution is 2.14. The molecule has 0 aliphatic rings. The topological polar surface area (TPSA) is 73.5 Å². The molecule has 1 aromatic rings. The SMILES string of the molecule is C[NH+]([O-])Oc1ccc(O[NH+](C)[O-])cc1. The van der Waals surface area contributed by atoms with Crippen molar-refractivity contribution in [3.63, 3.8) is 0 Å². The van der Waals surface area contributed by atoms with E-state index >= 15 is 0 Å². The maximum Gasteiger partial charge on any atom is 0.190 e. The lowest BCUT2D eigenvalue weighted by Gasteiger charge is -2.16. The van der Waals surface area contributed by atoms with Gasteiger partial charge in [0.2, 0.25) is 0 Å². The lowest BCUT2D eigenvalue weighted by molar-refractivity contribution is -1.00. The van der Waals surface area contributed by atoms with Crippen LogP contribution in [0.4, 0.5) is 0 Å². The van der Waals surface area contributed by atoms with Crippen molar-refractivity contribution in [1.82, 2.24) is 0 Å². The van der Waals surface area contributed by atoms with Gasteiger partial charge in [0.1, 0.15) is 14.1 Å². The van der Waals surface area contributed by atoms with Crippen molar-refractivity contribution < 1.29 is 20.1 Å². The molecular weight excluding hydrogens is 188 g/mol. The van der Waals surface area contributed by atoms with Crippen molar-refractivity contribution in [2.75, 3.05) is 14.1 Å². The molecule has 0 bridgehead atoms. The van der Waals surface area contributed by atoms with Crippen molar-refractivity contribution in [2.24, 2.45) is 0 Å². The van der Waals surface area contributed by atoms with Crippen molar-refractivity contribution in [3.8, 4) is 11.5 Å². The molecule has 0 aliphatic heterocycles. The molecule has 2 atom stereocenters. The third kappa shape index (κ3) is 3.58. The zero-order valence-corrected chi connectivity index (χ0v) is 7.94. The van der Waals surface area contributed by atoms with Gasteiger partial charge in [0.05, 0.1) is 0 Å². The molecule has 0 radical (unpaired) electrons. The first-order chi connectivity index (χ1) is 6.58. The van der Waals surface area contributed by atoms with Gasteiger partial charge >= 0.3 is 0 Å². The molecule has 1 aromatic carbocycles. The van der Waals surface area contributed by atoms with E-state index in [1.54, 1.807) is 24.3 Å². The van der Waals surface area contributed by atoms with Gasteiger partial charge in [-0.3, -0.25) is 0 Å². The number of benzene rings is 1. The summed E-state index contributed by atoms with van der Waals surface area (Å²) in [6.45, 7) is 0. The van der Waals surface area contributed by atoms with E-state index in [4.69, 9.17) is 9.68 Å². The highest BCUT2D eigenvalue weighted by Gasteiger charge is 2.00. The average molecular weight is 200 g/mol. The molecule has 0 heterocycles. The zero-order chi connectivity index (χ0) is 10.6. The Morgan fingerprint density at radius 3 is 1.36 bits per heavy atom. The van der Waals surface area contributed by atoms with Crippen molar-refractivity contribution in [1.29, 1.82) is 0 Å². The van der Waals surface area contributed by atoms with E-state index in [2.05, 4.69) is 0 Å². The highest BCUT2D eigenvalue weighted by molar-refractivity contribution is 5.30. The van der Waals surface area contributed by atoms with Gasteiger partial charge in [-0.15, -0.1) is 0 Å². The van der Waals surface area contributed by atoms with Gasteiger partial charge in [0, 0.05) is 0 Å². The number of quaternary nitrogens is 2. The van der Waals surface area contributed by atoms with E-state index in [-0.39, 0.29) is 10.5 Å². The summed E-state index contributed by atoms with van der Waals surface area (Å²) in [5.74, 6) is 0.849. The van der Waals surface area contributed by atoms with Crippen LogP contribution in [0.1, 0.15) is 0 Å². The van der Waals surface area contributed by atoms with Crippen molar-refractivity contribution in [3.05, 3.63) is 34.7 Å². The summed E-state index contributed by atoms with van der Waals surface area (Å²) >= 11 is 0. The smallest absolute Gasteiger partial charge is 0.190 e. The van der Waals surface area contributed by atoms with Crippen LogP contribution in [0.15, 0.2) is 24.3 Å². The predicted molar refractivity (Wildman–Crippen MR) is 48.2 cm³/mol. The molecule has 78 valence electrons. The van der Waals surface area contributed by atoms with Gasteiger partial charge in [-0.2, -0.15) is 10.5 Å². The van der Waals surface area contributed by atoms with Crippen LogP contribution in [0, 0.1) is 10.4 Å². The van der Waals surface area contributed by atoms with Gasteiger partial charge in [0.25, 0.3) is 0 Å². The summed E-state index contributed by atoms with van der Waals surface area (Å²) in [6.07, 6.45) is 0. The Bertz CT molecular complexity index is 244. The first-order valence-corrected chi connectivity index (χ1v) is 4.05. The largest absolute Gasteiger partial charge is 0.591 e. The fraction of sp³-hybridized carbons (Fsp3) is 0.250. The van der Waals surface area contributed by atoms with Gasteiger partial charge in [-0.25, -0.2) is 0 Å². The van der Waals surface area contributed by atoms with Gasteiger partial charge < -0.3 is 20.1 Å². The van der Waals surface area contributed by atoms with Crippen molar-refractivity contribution in [2.45, 2.75) is 0 Å². The van der Waals surface area contributed by atoms with Crippen LogP contribution in [0.3, 0.4) is 0 Å². The van der Waals surface area contributed by atoms with Gasteiger partial charge in [-0.05, 0) is 24.3 Å². The minimum absolute atomic E-state index is 0.384. The number of hydrogen-bond acceptors (Lipinski definition) is 4. The molecule has 6 heteroatoms. The number of rotatable bonds is 4. The molecule has 0 aromatic heterocycles. The van der Waals surface area contributed by atoms with Crippen LogP contribution >= 0.6 is 0 Å². The Labute approximate surface area is 81.3 Å². The summed E-state index contributed by atoms with van der Waals surface area (Å²) in [5.41, 5.74) is 0. The van der Waals surface area contributed by atoms with Crippen LogP contribution in [0.5, 0.6) is 11.5 Å². The van der Waals surface area contributed by atoms with Gasteiger partial charge in [0.15, 0.2) is 11.5 Å². The summed E-state index contributed by atoms with van der Waals surface area (Å²) in [6, 6.07) is 6.22. The second kappa shape index (κ2) is 4.77. The van der Waals surface area contributed by atoms with Crippen LogP contribution in [-0.2, 0) is 0 Å². The minimum atomic E-state index is -0.384. The fourth-order valence-electron chi connectivity index (χ4n) is 0.908. The Hall–Kier alpha value is -1.34. The Morgan fingerprint density at radius 1 is 0.857 bits per heavy atom. The summed E-state index contributed by atoms with van der Waals surface area (Å²) in [5, 5.41) is 20.4. The molecule has 0 amide bonds. The second-order valence-electron chi connectivity index (χ2n) is 2.66. The van der Waals surface area contributed by atoms with Crippen LogP contribution in [0.2, 0.25) is 0 Å². The second-order valence-corrected chi connectivity index (χ2v) is 2.66. The number of hydroxylamine groups is 4. The van der Waals surface area contributed by atoms with Crippen LogP contribution in [-0.4, -0.2) is 14.1 Å². The highest BCUT2D eigenvalue weighted by atomic mass is 16.9. The normalized spacial score (nSPS) is 14.6. The number of nitrogens with one attached hydrogen (secondary N) is 2. The van der Waals surface area contributed by atoms with Gasteiger partial charge in [-0.1, -0.05) is 0 Å². The molecule has 14 heavy (non-hydrogen) atoms. The van der Waals surface area contributed by atoms with E-state index < -0.39 is 0 Å². The van der Waals surface area contributed by atoms with E-state index in [1.807, 2.05) is 0 Å². The molecule has 6 nitrogen and oxygen atoms in total. The summed E-state index contributed by atoms with van der Waals surface area (Å²) in [4.78, 5) is 9.59. The molecule has 0 fully saturated rings. The average Bonchev–Trinajstić information content (AvgIpc) is 2.06. The van der Waals surface area contributed by atoms with E-state index in [0.717, 1.165) is 0 Å². The third-order valence-electron chi connectivity index (χ3n) is 1.35. The summed E-state index contributed by atoms with van der Waals surface area (Å²) < 4.78 is 0. The Morgan fingerprint density at radius 2 is 1.14 bits per heavy atom. The molecule has 0 saturated heterocycles. The lowest BCUT2D eigenvalue weighted by Crippen LogP contribution is -3.06. The van der Waals surface area contributed by atoms with Crippen LogP contribution in [0.25, 0.3) is 0 Å². The molecule has 0 spiro atoms. The van der Waals surface area contributed by atoms with E-state index in [9.17, 15) is 10.4 Å². The molecule has 2 unspecified atom stereocenters. The zero-order valence-electron chi connectivity index (χ0n) is 7.94. The first kappa shape index (κ1) is 10.7. The predicted octanol–water partition coefficient (Wildman–Crippen LogP) is -1.70. The monoisotopic (exact) mass is 200 g/mol. The molecular formula is C8H12N2O4. The quantitative estimate of drug-likeness (QED) is 0.568. The molecule has 2 N–H and O–H groups in total. The summed E-state index contributed by atoms with van der Waals surface area (Å²) in [7, 11) is 2.64. The lowest BCUT2D eigenvalue weighted by atomic mass is 10.3. The fourth-order valence-corrected chi connectivity index (χ4v) is 0.908. The standard InChI is InChI=1S/C8H12N2O4/c1-9(11)13-7-3-5-8(6-4-7)14-10(2)12/h3-6,9-10H,1-2H3. The molecule has 1 rings (SSSR count). The Balaban J connectivity index is 2.59. The van der Waals surface area contributed by atoms with E-state index in [0.29, 0.717) is 11.5 Å². The minimum Gasteiger partial charge on any atom is -0.591 e. The van der Waals surface area contributed by atoms with Crippen molar-refractivity contribution >= 4 is 0 Å². The Kier molecular flexibility index (Phi) is 3.66. The first-order valence-electron chi connectivity index (χ1n) is 4.05. The van der Waals surface area contributed by atoms with Crippen LogP contribution < -0.4 is 20.1 Å². The maximum absolute atomic E-state index is 10.6. The third-order valence-corrected chi connectivity index (χ3v) is 1.35.